The van der Waals surface area contributed by atoms with Crippen LogP contribution < -0.4 is 0 Å². The third-order valence-corrected chi connectivity index (χ3v) is 4.43. The first-order valence-corrected chi connectivity index (χ1v) is 5.81. The van der Waals surface area contributed by atoms with E-state index in [0.717, 1.165) is 13.0 Å². The molecule has 2 fully saturated rings. The molecule has 0 aromatic carbocycles. The topological polar surface area (TPSA) is 46.6 Å². The number of sulfonamides is 1. The van der Waals surface area contributed by atoms with Crippen molar-refractivity contribution < 1.29 is 13.2 Å². The summed E-state index contributed by atoms with van der Waals surface area (Å²) in [5.74, 6) is 0.198. The maximum atomic E-state index is 11.3. The Labute approximate surface area is 72.6 Å². The average molecular weight is 191 g/mol. The first-order valence-electron chi connectivity index (χ1n) is 4.20. The zero-order valence-electron chi connectivity index (χ0n) is 7.12. The maximum Gasteiger partial charge on any atom is 0.214 e. The fourth-order valence-corrected chi connectivity index (χ4v) is 2.84. The molecule has 0 amide bonds. The molecule has 2 aliphatic rings. The Morgan fingerprint density at radius 3 is 2.42 bits per heavy atom. The van der Waals surface area contributed by atoms with E-state index in [0.29, 0.717) is 13.1 Å². The molecule has 0 atom stereocenters. The normalized spacial score (nSPS) is 28.1. The van der Waals surface area contributed by atoms with Crippen LogP contribution in [-0.4, -0.2) is 43.8 Å². The smallest absolute Gasteiger partial charge is 0.214 e. The van der Waals surface area contributed by atoms with Gasteiger partial charge in [0.15, 0.2) is 0 Å². The second-order valence-corrected chi connectivity index (χ2v) is 5.71. The summed E-state index contributed by atoms with van der Waals surface area (Å²) < 4.78 is 29.4. The first-order chi connectivity index (χ1) is 5.58. The molecule has 2 rings (SSSR count). The molecule has 70 valence electrons. The van der Waals surface area contributed by atoms with E-state index in [1.807, 2.05) is 0 Å². The highest BCUT2D eigenvalue weighted by atomic mass is 32.2. The van der Waals surface area contributed by atoms with Crippen LogP contribution in [0.3, 0.4) is 0 Å². The Bertz CT molecular complexity index is 273. The minimum absolute atomic E-state index is 0.0811. The average Bonchev–Trinajstić information content (AvgIpc) is 1.80. The van der Waals surface area contributed by atoms with Gasteiger partial charge in [-0.15, -0.1) is 0 Å². The molecule has 0 aromatic heterocycles. The van der Waals surface area contributed by atoms with E-state index < -0.39 is 10.0 Å². The van der Waals surface area contributed by atoms with Gasteiger partial charge in [-0.3, -0.25) is 0 Å². The van der Waals surface area contributed by atoms with Gasteiger partial charge in [-0.2, -0.15) is 4.31 Å². The fraction of sp³-hybridized carbons (Fsp3) is 1.00. The van der Waals surface area contributed by atoms with Crippen LogP contribution in [0.5, 0.6) is 0 Å². The van der Waals surface area contributed by atoms with Crippen molar-refractivity contribution in [2.75, 3.05) is 25.4 Å². The van der Waals surface area contributed by atoms with Crippen LogP contribution in [0.4, 0.5) is 0 Å². The van der Waals surface area contributed by atoms with Gasteiger partial charge >= 0.3 is 0 Å². The van der Waals surface area contributed by atoms with E-state index in [1.54, 1.807) is 6.92 Å². The van der Waals surface area contributed by atoms with Gasteiger partial charge in [0.05, 0.1) is 18.0 Å². The van der Waals surface area contributed by atoms with E-state index in [1.165, 1.54) is 4.31 Å². The molecule has 2 saturated heterocycles. The molecule has 0 saturated carbocycles. The third kappa shape index (κ3) is 1.08. The number of hydrogen-bond acceptors (Lipinski definition) is 3. The van der Waals surface area contributed by atoms with Gasteiger partial charge < -0.3 is 4.74 Å². The van der Waals surface area contributed by atoms with E-state index >= 15 is 0 Å². The SMILES string of the molecule is CCS(=O)(=O)N1CC2(CCO2)C1. The molecular formula is C7H13NO3S. The van der Waals surface area contributed by atoms with Gasteiger partial charge in [0.1, 0.15) is 0 Å². The minimum Gasteiger partial charge on any atom is -0.372 e. The lowest BCUT2D eigenvalue weighted by molar-refractivity contribution is -0.200. The van der Waals surface area contributed by atoms with Crippen molar-refractivity contribution in [1.82, 2.24) is 4.31 Å². The van der Waals surface area contributed by atoms with E-state index in [-0.39, 0.29) is 11.4 Å². The highest BCUT2D eigenvalue weighted by Gasteiger charge is 2.52. The highest BCUT2D eigenvalue weighted by Crippen LogP contribution is 2.37. The van der Waals surface area contributed by atoms with Crippen LogP contribution in [0.1, 0.15) is 13.3 Å². The van der Waals surface area contributed by atoms with Crippen molar-refractivity contribution in [2.45, 2.75) is 18.9 Å². The van der Waals surface area contributed by atoms with Crippen LogP contribution in [-0.2, 0) is 14.8 Å². The summed E-state index contributed by atoms with van der Waals surface area (Å²) in [7, 11) is -2.96. The summed E-state index contributed by atoms with van der Waals surface area (Å²) in [4.78, 5) is 0. The van der Waals surface area contributed by atoms with Gasteiger partial charge in [-0.1, -0.05) is 0 Å². The lowest BCUT2D eigenvalue weighted by Gasteiger charge is -2.54. The summed E-state index contributed by atoms with van der Waals surface area (Å²) in [6, 6.07) is 0. The fourth-order valence-electron chi connectivity index (χ4n) is 1.62. The number of hydrogen-bond donors (Lipinski definition) is 0. The summed E-state index contributed by atoms with van der Waals surface area (Å²) in [6.07, 6.45) is 1.02. The van der Waals surface area contributed by atoms with E-state index in [4.69, 9.17) is 4.74 Å². The molecule has 12 heavy (non-hydrogen) atoms. The summed E-state index contributed by atoms with van der Waals surface area (Å²) in [5, 5.41) is 0. The van der Waals surface area contributed by atoms with E-state index in [9.17, 15) is 8.42 Å². The van der Waals surface area contributed by atoms with Crippen molar-refractivity contribution in [3.05, 3.63) is 0 Å². The molecule has 5 heteroatoms. The van der Waals surface area contributed by atoms with E-state index in [2.05, 4.69) is 0 Å². The molecule has 4 nitrogen and oxygen atoms in total. The maximum absolute atomic E-state index is 11.3. The predicted octanol–water partition coefficient (Wildman–Crippen LogP) is -0.189. The van der Waals surface area contributed by atoms with Crippen molar-refractivity contribution in [3.8, 4) is 0 Å². The van der Waals surface area contributed by atoms with Crippen molar-refractivity contribution in [1.29, 1.82) is 0 Å². The molecule has 0 aromatic rings. The largest absolute Gasteiger partial charge is 0.372 e. The van der Waals surface area contributed by atoms with Crippen molar-refractivity contribution in [3.63, 3.8) is 0 Å². The molecule has 0 bridgehead atoms. The Kier molecular flexibility index (Phi) is 1.72. The molecule has 2 heterocycles. The third-order valence-electron chi connectivity index (χ3n) is 2.65. The predicted molar refractivity (Wildman–Crippen MR) is 44.3 cm³/mol. The van der Waals surface area contributed by atoms with Gasteiger partial charge in [0.2, 0.25) is 10.0 Å². The zero-order chi connectivity index (χ0) is 8.82. The standard InChI is InChI=1S/C7H13NO3S/c1-2-12(9,10)8-5-7(6-8)3-4-11-7/h2-6H2,1H3. The molecule has 2 aliphatic heterocycles. The lowest BCUT2D eigenvalue weighted by Crippen LogP contribution is -2.69. The highest BCUT2D eigenvalue weighted by molar-refractivity contribution is 7.89. The minimum atomic E-state index is -2.96. The lowest BCUT2D eigenvalue weighted by atomic mass is 9.89. The van der Waals surface area contributed by atoms with Crippen LogP contribution in [0, 0.1) is 0 Å². The quantitative estimate of drug-likeness (QED) is 0.608. The van der Waals surface area contributed by atoms with Gasteiger partial charge in [0.25, 0.3) is 0 Å². The Balaban J connectivity index is 1.96. The van der Waals surface area contributed by atoms with Gasteiger partial charge in [-0.05, 0) is 6.92 Å². The Hall–Kier alpha value is -0.130. The molecule has 1 spiro atoms. The molecular weight excluding hydrogens is 178 g/mol. The van der Waals surface area contributed by atoms with Crippen molar-refractivity contribution >= 4 is 10.0 Å². The first kappa shape index (κ1) is 8.47. The zero-order valence-corrected chi connectivity index (χ0v) is 7.93. The number of nitrogens with zero attached hydrogens (tertiary/aromatic N) is 1. The summed E-state index contributed by atoms with van der Waals surface area (Å²) >= 11 is 0. The number of ether oxygens (including phenoxy) is 1. The van der Waals surface area contributed by atoms with Crippen molar-refractivity contribution in [2.24, 2.45) is 0 Å². The molecule has 0 N–H and O–H groups in total. The summed E-state index contributed by atoms with van der Waals surface area (Å²) in [6.45, 7) is 3.61. The second-order valence-electron chi connectivity index (χ2n) is 3.45. The molecule has 0 radical (unpaired) electrons. The van der Waals surface area contributed by atoms with Gasteiger partial charge in [-0.25, -0.2) is 8.42 Å². The van der Waals surface area contributed by atoms with Crippen LogP contribution in [0.2, 0.25) is 0 Å². The number of rotatable bonds is 2. The van der Waals surface area contributed by atoms with Crippen LogP contribution in [0.25, 0.3) is 0 Å². The Morgan fingerprint density at radius 2 is 2.08 bits per heavy atom. The van der Waals surface area contributed by atoms with Crippen LogP contribution >= 0.6 is 0 Å². The molecule has 0 aliphatic carbocycles. The van der Waals surface area contributed by atoms with Crippen LogP contribution in [0.15, 0.2) is 0 Å². The summed E-state index contributed by atoms with van der Waals surface area (Å²) in [5.41, 5.74) is -0.0811. The molecule has 0 unspecified atom stereocenters. The Morgan fingerprint density at radius 1 is 1.50 bits per heavy atom. The second kappa shape index (κ2) is 2.43. The van der Waals surface area contributed by atoms with Gasteiger partial charge in [0, 0.05) is 19.5 Å². The monoisotopic (exact) mass is 191 g/mol.